The first kappa shape index (κ1) is 24.9. The molecular weight excluding hydrogens is 480 g/mol. The maximum atomic E-state index is 13.7. The van der Waals surface area contributed by atoms with Gasteiger partial charge in [-0.1, -0.05) is 6.92 Å². The van der Waals surface area contributed by atoms with Crippen molar-refractivity contribution < 1.29 is 18.3 Å². The molecule has 1 amide bonds. The van der Waals surface area contributed by atoms with E-state index < -0.39 is 5.92 Å². The van der Waals surface area contributed by atoms with Crippen LogP contribution in [0.3, 0.4) is 0 Å². The standard InChI is InChI=1S/C26H37F2N7O2/c1-17(18-4-6-26(27,28)7-5-18)22-15-35-25(30-22)31-23(21(32-35)13-19-3-2-8-29-24(19)36)34-10-9-33-11-12-37-16-20(33)14-34/h15,17-20H,2-14,16H2,1H3,(H,29,36). The van der Waals surface area contributed by atoms with Gasteiger partial charge in [0.05, 0.1) is 31.1 Å². The summed E-state index contributed by atoms with van der Waals surface area (Å²) in [5, 5.41) is 7.95. The van der Waals surface area contributed by atoms with Crippen molar-refractivity contribution in [3.8, 4) is 0 Å². The van der Waals surface area contributed by atoms with Gasteiger partial charge >= 0.3 is 0 Å². The van der Waals surface area contributed by atoms with Crippen molar-refractivity contribution in [3.05, 3.63) is 17.6 Å². The Morgan fingerprint density at radius 1 is 1.19 bits per heavy atom. The molecule has 37 heavy (non-hydrogen) atoms. The third-order valence-electron chi connectivity index (χ3n) is 8.89. The average molecular weight is 518 g/mol. The summed E-state index contributed by atoms with van der Waals surface area (Å²) in [6, 6.07) is 0.311. The Balaban J connectivity index is 1.30. The Hall–Kier alpha value is -2.40. The van der Waals surface area contributed by atoms with Crippen LogP contribution in [0.4, 0.5) is 14.6 Å². The zero-order valence-corrected chi connectivity index (χ0v) is 21.5. The molecule has 3 aliphatic heterocycles. The van der Waals surface area contributed by atoms with Gasteiger partial charge in [0.2, 0.25) is 11.8 Å². The molecule has 3 unspecified atom stereocenters. The van der Waals surface area contributed by atoms with Gasteiger partial charge in [0.1, 0.15) is 5.69 Å². The van der Waals surface area contributed by atoms with Crippen LogP contribution < -0.4 is 10.2 Å². The number of piperazine rings is 1. The van der Waals surface area contributed by atoms with Crippen LogP contribution in [0.15, 0.2) is 6.20 Å². The number of fused-ring (bicyclic) bond motifs is 2. The van der Waals surface area contributed by atoms with Gasteiger partial charge in [-0.2, -0.15) is 10.1 Å². The number of halogens is 2. The van der Waals surface area contributed by atoms with Gasteiger partial charge in [-0.05, 0) is 31.6 Å². The van der Waals surface area contributed by atoms with E-state index in [1.807, 2.05) is 6.20 Å². The fraction of sp³-hybridized carbons (Fsp3) is 0.769. The molecule has 6 rings (SSSR count). The lowest BCUT2D eigenvalue weighted by atomic mass is 9.78. The third-order valence-corrected chi connectivity index (χ3v) is 8.89. The first-order valence-corrected chi connectivity index (χ1v) is 13.8. The Labute approximate surface area is 215 Å². The highest BCUT2D eigenvalue weighted by molar-refractivity contribution is 5.79. The minimum atomic E-state index is -2.54. The number of hydrogen-bond donors (Lipinski definition) is 1. The van der Waals surface area contributed by atoms with E-state index in [0.29, 0.717) is 37.7 Å². The van der Waals surface area contributed by atoms with Gasteiger partial charge in [-0.3, -0.25) is 9.69 Å². The third kappa shape index (κ3) is 5.16. The molecule has 0 radical (unpaired) electrons. The summed E-state index contributed by atoms with van der Waals surface area (Å²) < 4.78 is 34.9. The molecule has 2 aromatic rings. The Kier molecular flexibility index (Phi) is 6.77. The topological polar surface area (TPSA) is 87.9 Å². The molecule has 2 aromatic heterocycles. The summed E-state index contributed by atoms with van der Waals surface area (Å²) in [4.78, 5) is 27.2. The molecule has 0 aromatic carbocycles. The number of piperidine rings is 1. The predicted octanol–water partition coefficient (Wildman–Crippen LogP) is 2.64. The molecule has 4 aliphatic rings. The van der Waals surface area contributed by atoms with Gasteiger partial charge < -0.3 is 15.0 Å². The highest BCUT2D eigenvalue weighted by atomic mass is 19.3. The summed E-state index contributed by atoms with van der Waals surface area (Å²) in [7, 11) is 0. The molecule has 5 heterocycles. The van der Waals surface area contributed by atoms with Crippen LogP contribution in [0.5, 0.6) is 0 Å². The first-order valence-electron chi connectivity index (χ1n) is 13.8. The van der Waals surface area contributed by atoms with Crippen LogP contribution in [0.2, 0.25) is 0 Å². The minimum absolute atomic E-state index is 0.0542. The van der Waals surface area contributed by atoms with Gasteiger partial charge in [0.15, 0.2) is 5.82 Å². The predicted molar refractivity (Wildman–Crippen MR) is 134 cm³/mol. The van der Waals surface area contributed by atoms with E-state index in [4.69, 9.17) is 19.8 Å². The first-order chi connectivity index (χ1) is 17.9. The molecule has 3 saturated heterocycles. The number of rotatable bonds is 5. The lowest BCUT2D eigenvalue weighted by Gasteiger charge is -2.44. The van der Waals surface area contributed by atoms with E-state index in [1.54, 1.807) is 4.52 Å². The van der Waals surface area contributed by atoms with Crippen molar-refractivity contribution in [1.82, 2.24) is 29.8 Å². The summed E-state index contributed by atoms with van der Waals surface area (Å²) in [5.74, 6) is -1.02. The Morgan fingerprint density at radius 3 is 2.84 bits per heavy atom. The van der Waals surface area contributed by atoms with Crippen molar-refractivity contribution in [2.24, 2.45) is 11.8 Å². The molecule has 9 nitrogen and oxygen atoms in total. The van der Waals surface area contributed by atoms with Gasteiger partial charge in [-0.15, -0.1) is 0 Å². The van der Waals surface area contributed by atoms with E-state index in [0.717, 1.165) is 69.4 Å². The molecule has 3 atom stereocenters. The zero-order chi connectivity index (χ0) is 25.6. The highest BCUT2D eigenvalue weighted by Crippen LogP contribution is 2.42. The lowest BCUT2D eigenvalue weighted by Crippen LogP contribution is -2.58. The number of imidazole rings is 1. The second-order valence-electron chi connectivity index (χ2n) is 11.3. The van der Waals surface area contributed by atoms with E-state index in [-0.39, 0.29) is 36.5 Å². The van der Waals surface area contributed by atoms with Crippen molar-refractivity contribution in [2.75, 3.05) is 50.8 Å². The number of morpholine rings is 1. The fourth-order valence-corrected chi connectivity index (χ4v) is 6.47. The molecule has 4 fully saturated rings. The summed E-state index contributed by atoms with van der Waals surface area (Å²) in [6.45, 7) is 7.81. The molecule has 0 bridgehead atoms. The normalized spacial score (nSPS) is 28.2. The van der Waals surface area contributed by atoms with E-state index in [1.165, 1.54) is 0 Å². The molecule has 1 saturated carbocycles. The monoisotopic (exact) mass is 517 g/mol. The lowest BCUT2D eigenvalue weighted by molar-refractivity contribution is -0.126. The number of carbonyl (C=O) groups is 1. The van der Waals surface area contributed by atoms with Gasteiger partial charge in [0, 0.05) is 63.8 Å². The molecule has 11 heteroatoms. The summed E-state index contributed by atoms with van der Waals surface area (Å²) >= 11 is 0. The van der Waals surface area contributed by atoms with E-state index >= 15 is 0 Å². The van der Waals surface area contributed by atoms with Crippen molar-refractivity contribution in [1.29, 1.82) is 0 Å². The average Bonchev–Trinajstić information content (AvgIpc) is 3.32. The highest BCUT2D eigenvalue weighted by Gasteiger charge is 2.38. The molecule has 1 N–H and O–H groups in total. The number of anilines is 1. The number of aromatic nitrogens is 4. The Bertz CT molecular complexity index is 1130. The number of hydrogen-bond acceptors (Lipinski definition) is 7. The Morgan fingerprint density at radius 2 is 2.03 bits per heavy atom. The van der Waals surface area contributed by atoms with Crippen LogP contribution >= 0.6 is 0 Å². The largest absolute Gasteiger partial charge is 0.378 e. The van der Waals surface area contributed by atoms with Gasteiger partial charge in [0.25, 0.3) is 5.78 Å². The molecule has 202 valence electrons. The number of amides is 1. The maximum Gasteiger partial charge on any atom is 0.252 e. The van der Waals surface area contributed by atoms with Crippen LogP contribution in [0.1, 0.15) is 62.8 Å². The van der Waals surface area contributed by atoms with Crippen LogP contribution in [-0.2, 0) is 16.0 Å². The van der Waals surface area contributed by atoms with Crippen LogP contribution in [0.25, 0.3) is 5.78 Å². The summed E-state index contributed by atoms with van der Waals surface area (Å²) in [5.41, 5.74) is 1.66. The number of ether oxygens (including phenoxy) is 1. The van der Waals surface area contributed by atoms with Crippen molar-refractivity contribution in [2.45, 2.75) is 69.8 Å². The van der Waals surface area contributed by atoms with Crippen molar-refractivity contribution >= 4 is 17.5 Å². The fourth-order valence-electron chi connectivity index (χ4n) is 6.47. The zero-order valence-electron chi connectivity index (χ0n) is 21.5. The van der Waals surface area contributed by atoms with Crippen LogP contribution in [-0.4, -0.2) is 88.3 Å². The maximum absolute atomic E-state index is 13.7. The number of nitrogens with one attached hydrogen (secondary N) is 1. The van der Waals surface area contributed by atoms with Crippen LogP contribution in [0, 0.1) is 11.8 Å². The van der Waals surface area contributed by atoms with E-state index in [2.05, 4.69) is 22.0 Å². The number of carbonyl (C=O) groups excluding carboxylic acids is 1. The summed E-state index contributed by atoms with van der Waals surface area (Å²) in [6.07, 6.45) is 5.14. The minimum Gasteiger partial charge on any atom is -0.378 e. The van der Waals surface area contributed by atoms with Gasteiger partial charge in [-0.25, -0.2) is 18.3 Å². The molecular formula is C26H37F2N7O2. The smallest absolute Gasteiger partial charge is 0.252 e. The number of alkyl halides is 2. The van der Waals surface area contributed by atoms with E-state index in [9.17, 15) is 13.6 Å². The molecule has 0 spiro atoms. The quantitative estimate of drug-likeness (QED) is 0.653. The second kappa shape index (κ2) is 10.1. The van der Waals surface area contributed by atoms with Crippen molar-refractivity contribution in [3.63, 3.8) is 0 Å². The molecule has 1 aliphatic carbocycles. The number of nitrogens with zero attached hydrogens (tertiary/aromatic N) is 6. The second-order valence-corrected chi connectivity index (χ2v) is 11.3. The SMILES string of the molecule is CC(c1cn2nc(CC3CCCNC3=O)c(N3CCN4CCOCC4C3)nc2n1)C1CCC(F)(F)CC1.